The fraction of sp³-hybridized carbons (Fsp3) is 0.500. The lowest BCUT2D eigenvalue weighted by molar-refractivity contribution is 0.0651. The minimum atomic E-state index is -0.179. The summed E-state index contributed by atoms with van der Waals surface area (Å²) < 4.78 is 18.4. The molecule has 1 aliphatic rings. The predicted octanol–water partition coefficient (Wildman–Crippen LogP) is 1.75. The second kappa shape index (κ2) is 5.24. The molecule has 0 aliphatic carbocycles. The van der Waals surface area contributed by atoms with E-state index >= 15 is 0 Å². The molecule has 1 saturated heterocycles. The van der Waals surface area contributed by atoms with E-state index in [1.54, 1.807) is 0 Å². The van der Waals surface area contributed by atoms with Crippen molar-refractivity contribution in [1.82, 2.24) is 5.32 Å². The maximum absolute atomic E-state index is 12.7. The second-order valence-electron chi connectivity index (χ2n) is 3.86. The van der Waals surface area contributed by atoms with Crippen LogP contribution in [0.1, 0.15) is 12.0 Å². The van der Waals surface area contributed by atoms with Crippen LogP contribution in [0.5, 0.6) is 0 Å². The molecule has 0 spiro atoms. The van der Waals surface area contributed by atoms with Crippen molar-refractivity contribution in [3.05, 3.63) is 35.6 Å². The largest absolute Gasteiger partial charge is 0.377 e. The highest BCUT2D eigenvalue weighted by Gasteiger charge is 2.12. The molecular formula is C12H16FNO. The fourth-order valence-electron chi connectivity index (χ4n) is 1.81. The first-order chi connectivity index (χ1) is 7.34. The number of ether oxygens (including phenoxy) is 1. The Morgan fingerprint density at radius 1 is 1.27 bits per heavy atom. The zero-order chi connectivity index (χ0) is 10.5. The van der Waals surface area contributed by atoms with Gasteiger partial charge in [0.05, 0.1) is 12.7 Å². The van der Waals surface area contributed by atoms with Crippen molar-refractivity contribution >= 4 is 0 Å². The standard InChI is InChI=1S/C12H16FNO/c13-11-3-1-10(2-4-11)9-12-5-6-14-7-8-15-12/h1-4,12,14H,5-9H2. The zero-order valence-corrected chi connectivity index (χ0v) is 8.71. The lowest BCUT2D eigenvalue weighted by Gasteiger charge is -2.14. The topological polar surface area (TPSA) is 21.3 Å². The summed E-state index contributed by atoms with van der Waals surface area (Å²) in [5, 5.41) is 3.29. The molecule has 15 heavy (non-hydrogen) atoms. The molecule has 0 amide bonds. The van der Waals surface area contributed by atoms with E-state index in [1.807, 2.05) is 12.1 Å². The molecule has 82 valence electrons. The van der Waals surface area contributed by atoms with Gasteiger partial charge in [0.1, 0.15) is 5.82 Å². The highest BCUT2D eigenvalue weighted by atomic mass is 19.1. The molecule has 1 atom stereocenters. The summed E-state index contributed by atoms with van der Waals surface area (Å²) in [5.41, 5.74) is 1.14. The van der Waals surface area contributed by atoms with Crippen LogP contribution in [-0.4, -0.2) is 25.8 Å². The molecule has 1 aromatic carbocycles. The van der Waals surface area contributed by atoms with E-state index in [0.717, 1.165) is 38.1 Å². The lowest BCUT2D eigenvalue weighted by atomic mass is 10.1. The average Bonchev–Trinajstić information content (AvgIpc) is 2.50. The maximum Gasteiger partial charge on any atom is 0.123 e. The fourth-order valence-corrected chi connectivity index (χ4v) is 1.81. The van der Waals surface area contributed by atoms with Gasteiger partial charge in [-0.3, -0.25) is 0 Å². The maximum atomic E-state index is 12.7. The van der Waals surface area contributed by atoms with E-state index < -0.39 is 0 Å². The van der Waals surface area contributed by atoms with Gasteiger partial charge in [0.15, 0.2) is 0 Å². The Labute approximate surface area is 89.4 Å². The van der Waals surface area contributed by atoms with Crippen molar-refractivity contribution in [1.29, 1.82) is 0 Å². The minimum Gasteiger partial charge on any atom is -0.377 e. The number of halogens is 1. The van der Waals surface area contributed by atoms with Crippen LogP contribution in [0.2, 0.25) is 0 Å². The lowest BCUT2D eigenvalue weighted by Crippen LogP contribution is -2.17. The highest BCUT2D eigenvalue weighted by Crippen LogP contribution is 2.11. The van der Waals surface area contributed by atoms with Gasteiger partial charge in [0, 0.05) is 6.54 Å². The Morgan fingerprint density at radius 2 is 2.07 bits per heavy atom. The minimum absolute atomic E-state index is 0.179. The molecule has 1 N–H and O–H groups in total. The van der Waals surface area contributed by atoms with E-state index in [0.29, 0.717) is 0 Å². The van der Waals surface area contributed by atoms with Gasteiger partial charge >= 0.3 is 0 Å². The summed E-state index contributed by atoms with van der Waals surface area (Å²) in [6, 6.07) is 6.67. The third-order valence-corrected chi connectivity index (χ3v) is 2.65. The van der Waals surface area contributed by atoms with Gasteiger partial charge in [0.2, 0.25) is 0 Å². The van der Waals surface area contributed by atoms with Crippen LogP contribution in [0.3, 0.4) is 0 Å². The van der Waals surface area contributed by atoms with Crippen molar-refractivity contribution < 1.29 is 9.13 Å². The summed E-state index contributed by atoms with van der Waals surface area (Å²) in [4.78, 5) is 0. The van der Waals surface area contributed by atoms with Crippen molar-refractivity contribution in [2.75, 3.05) is 19.7 Å². The van der Waals surface area contributed by atoms with E-state index in [4.69, 9.17) is 4.74 Å². The Hall–Kier alpha value is -0.930. The first kappa shape index (κ1) is 10.6. The van der Waals surface area contributed by atoms with Gasteiger partial charge < -0.3 is 10.1 Å². The van der Waals surface area contributed by atoms with E-state index in [9.17, 15) is 4.39 Å². The molecule has 2 nitrogen and oxygen atoms in total. The predicted molar refractivity (Wildman–Crippen MR) is 57.3 cm³/mol. The molecular weight excluding hydrogens is 193 g/mol. The van der Waals surface area contributed by atoms with Crippen LogP contribution in [0.15, 0.2) is 24.3 Å². The first-order valence-electron chi connectivity index (χ1n) is 5.41. The summed E-state index contributed by atoms with van der Waals surface area (Å²) in [7, 11) is 0. The average molecular weight is 209 g/mol. The van der Waals surface area contributed by atoms with Crippen LogP contribution >= 0.6 is 0 Å². The third kappa shape index (κ3) is 3.29. The van der Waals surface area contributed by atoms with Gasteiger partial charge in [-0.1, -0.05) is 12.1 Å². The molecule has 2 rings (SSSR count). The number of benzene rings is 1. The van der Waals surface area contributed by atoms with E-state index in [-0.39, 0.29) is 11.9 Å². The Kier molecular flexibility index (Phi) is 3.69. The number of hydrogen-bond acceptors (Lipinski definition) is 2. The smallest absolute Gasteiger partial charge is 0.123 e. The number of rotatable bonds is 2. The SMILES string of the molecule is Fc1ccc(CC2CCNCCO2)cc1. The molecule has 1 unspecified atom stereocenters. The van der Waals surface area contributed by atoms with Gasteiger partial charge in [-0.05, 0) is 37.1 Å². The van der Waals surface area contributed by atoms with Crippen LogP contribution in [0.25, 0.3) is 0 Å². The van der Waals surface area contributed by atoms with Crippen LogP contribution in [0.4, 0.5) is 4.39 Å². The highest BCUT2D eigenvalue weighted by molar-refractivity contribution is 5.16. The molecule has 1 heterocycles. The van der Waals surface area contributed by atoms with Crippen molar-refractivity contribution in [2.45, 2.75) is 18.9 Å². The van der Waals surface area contributed by atoms with Gasteiger partial charge in [-0.2, -0.15) is 0 Å². The normalized spacial score (nSPS) is 22.3. The summed E-state index contributed by atoms with van der Waals surface area (Å²) in [6.45, 7) is 2.71. The molecule has 1 fully saturated rings. The monoisotopic (exact) mass is 209 g/mol. The number of nitrogens with one attached hydrogen (secondary N) is 1. The van der Waals surface area contributed by atoms with Gasteiger partial charge in [0.25, 0.3) is 0 Å². The van der Waals surface area contributed by atoms with Crippen LogP contribution in [0, 0.1) is 5.82 Å². The third-order valence-electron chi connectivity index (χ3n) is 2.65. The Morgan fingerprint density at radius 3 is 2.87 bits per heavy atom. The zero-order valence-electron chi connectivity index (χ0n) is 8.71. The van der Waals surface area contributed by atoms with E-state index in [2.05, 4.69) is 5.32 Å². The van der Waals surface area contributed by atoms with Crippen LogP contribution in [-0.2, 0) is 11.2 Å². The van der Waals surface area contributed by atoms with Crippen molar-refractivity contribution in [3.63, 3.8) is 0 Å². The summed E-state index contributed by atoms with van der Waals surface area (Å²) >= 11 is 0. The number of hydrogen-bond donors (Lipinski definition) is 1. The van der Waals surface area contributed by atoms with Crippen molar-refractivity contribution in [2.24, 2.45) is 0 Å². The molecule has 0 bridgehead atoms. The Balaban J connectivity index is 1.92. The first-order valence-corrected chi connectivity index (χ1v) is 5.41. The molecule has 0 aromatic heterocycles. The molecule has 0 radical (unpaired) electrons. The van der Waals surface area contributed by atoms with Crippen molar-refractivity contribution in [3.8, 4) is 0 Å². The van der Waals surface area contributed by atoms with Crippen LogP contribution < -0.4 is 5.32 Å². The summed E-state index contributed by atoms with van der Waals surface area (Å²) in [5.74, 6) is -0.179. The molecule has 3 heteroatoms. The second-order valence-corrected chi connectivity index (χ2v) is 3.86. The summed E-state index contributed by atoms with van der Waals surface area (Å²) in [6.07, 6.45) is 2.17. The van der Waals surface area contributed by atoms with Gasteiger partial charge in [-0.25, -0.2) is 4.39 Å². The van der Waals surface area contributed by atoms with E-state index in [1.165, 1.54) is 12.1 Å². The Bertz CT molecular complexity index is 291. The molecule has 0 saturated carbocycles. The molecule has 1 aromatic rings. The quantitative estimate of drug-likeness (QED) is 0.801. The molecule has 1 aliphatic heterocycles. The van der Waals surface area contributed by atoms with Gasteiger partial charge in [-0.15, -0.1) is 0 Å².